The second kappa shape index (κ2) is 5.13. The lowest BCUT2D eigenvalue weighted by molar-refractivity contribution is 0.137. The van der Waals surface area contributed by atoms with Crippen LogP contribution in [0.2, 0.25) is 0 Å². The molecule has 0 amide bonds. The van der Waals surface area contributed by atoms with Crippen molar-refractivity contribution in [1.29, 1.82) is 0 Å². The number of aliphatic hydroxyl groups is 1. The van der Waals surface area contributed by atoms with E-state index in [-0.39, 0.29) is 6.10 Å². The van der Waals surface area contributed by atoms with Crippen molar-refractivity contribution in [3.63, 3.8) is 0 Å². The quantitative estimate of drug-likeness (QED) is 0.782. The number of aryl methyl sites for hydroxylation is 1. The average molecular weight is 193 g/mol. The van der Waals surface area contributed by atoms with Crippen LogP contribution in [0.15, 0.2) is 24.3 Å². The van der Waals surface area contributed by atoms with Gasteiger partial charge in [-0.05, 0) is 33.0 Å². The van der Waals surface area contributed by atoms with E-state index in [0.29, 0.717) is 6.54 Å². The highest BCUT2D eigenvalue weighted by Gasteiger charge is 2.06. The molecule has 1 aromatic rings. The van der Waals surface area contributed by atoms with E-state index in [4.69, 9.17) is 0 Å². The summed E-state index contributed by atoms with van der Waals surface area (Å²) in [4.78, 5) is 2.00. The molecular formula is C12H19NO. The summed E-state index contributed by atoms with van der Waals surface area (Å²) in [6.07, 6.45) is 0.464. The van der Waals surface area contributed by atoms with Crippen LogP contribution in [0.5, 0.6) is 0 Å². The van der Waals surface area contributed by atoms with Crippen LogP contribution in [0, 0.1) is 6.92 Å². The molecule has 0 aliphatic rings. The highest BCUT2D eigenvalue weighted by molar-refractivity contribution is 5.21. The van der Waals surface area contributed by atoms with Gasteiger partial charge in [0.25, 0.3) is 0 Å². The van der Waals surface area contributed by atoms with Crippen LogP contribution < -0.4 is 0 Å². The highest BCUT2D eigenvalue weighted by atomic mass is 16.3. The third-order valence-electron chi connectivity index (χ3n) is 2.17. The summed E-state index contributed by atoms with van der Waals surface area (Å²) >= 11 is 0. The van der Waals surface area contributed by atoms with Crippen molar-refractivity contribution in [1.82, 2.24) is 4.90 Å². The minimum atomic E-state index is -0.271. The summed E-state index contributed by atoms with van der Waals surface area (Å²) in [5.41, 5.74) is 2.46. The van der Waals surface area contributed by atoms with Crippen LogP contribution in [0.4, 0.5) is 0 Å². The lowest BCUT2D eigenvalue weighted by Gasteiger charge is -2.15. The zero-order valence-corrected chi connectivity index (χ0v) is 9.20. The highest BCUT2D eigenvalue weighted by Crippen LogP contribution is 2.06. The molecular weight excluding hydrogens is 174 g/mol. The fourth-order valence-electron chi connectivity index (χ4n) is 1.48. The van der Waals surface area contributed by atoms with Gasteiger partial charge in [-0.1, -0.05) is 29.8 Å². The Hall–Kier alpha value is -0.860. The van der Waals surface area contributed by atoms with E-state index < -0.39 is 0 Å². The first-order valence-corrected chi connectivity index (χ1v) is 4.96. The molecule has 1 N–H and O–H groups in total. The Kier molecular flexibility index (Phi) is 4.11. The lowest BCUT2D eigenvalue weighted by Crippen LogP contribution is -2.27. The van der Waals surface area contributed by atoms with Crippen molar-refractivity contribution in [2.45, 2.75) is 19.4 Å². The predicted molar refractivity (Wildman–Crippen MR) is 59.4 cm³/mol. The van der Waals surface area contributed by atoms with Crippen LogP contribution in [-0.2, 0) is 6.42 Å². The number of hydrogen-bond donors (Lipinski definition) is 1. The number of nitrogens with zero attached hydrogens (tertiary/aromatic N) is 1. The molecule has 1 aromatic carbocycles. The molecule has 0 aliphatic heterocycles. The molecule has 78 valence electrons. The number of hydrogen-bond acceptors (Lipinski definition) is 2. The van der Waals surface area contributed by atoms with Crippen molar-refractivity contribution >= 4 is 0 Å². The molecule has 1 rings (SSSR count). The van der Waals surface area contributed by atoms with Gasteiger partial charge in [0, 0.05) is 6.54 Å². The number of aliphatic hydroxyl groups excluding tert-OH is 1. The third kappa shape index (κ3) is 3.90. The largest absolute Gasteiger partial charge is 0.391 e. The van der Waals surface area contributed by atoms with Crippen molar-refractivity contribution in [3.8, 4) is 0 Å². The van der Waals surface area contributed by atoms with E-state index in [0.717, 1.165) is 6.42 Å². The number of rotatable bonds is 4. The van der Waals surface area contributed by atoms with Crippen LogP contribution in [0.25, 0.3) is 0 Å². The summed E-state index contributed by atoms with van der Waals surface area (Å²) in [7, 11) is 3.94. The van der Waals surface area contributed by atoms with Crippen LogP contribution >= 0.6 is 0 Å². The normalized spacial score (nSPS) is 13.2. The first-order valence-electron chi connectivity index (χ1n) is 4.96. The molecule has 0 radical (unpaired) electrons. The van der Waals surface area contributed by atoms with E-state index in [1.165, 1.54) is 11.1 Å². The molecule has 0 saturated carbocycles. The van der Waals surface area contributed by atoms with Gasteiger partial charge < -0.3 is 10.0 Å². The van der Waals surface area contributed by atoms with Gasteiger partial charge in [-0.3, -0.25) is 0 Å². The van der Waals surface area contributed by atoms with Crippen molar-refractivity contribution in [2.75, 3.05) is 20.6 Å². The van der Waals surface area contributed by atoms with E-state index >= 15 is 0 Å². The Morgan fingerprint density at radius 1 is 1.21 bits per heavy atom. The Morgan fingerprint density at radius 3 is 2.29 bits per heavy atom. The van der Waals surface area contributed by atoms with Gasteiger partial charge >= 0.3 is 0 Å². The maximum atomic E-state index is 9.70. The monoisotopic (exact) mass is 193 g/mol. The molecule has 0 heterocycles. The van der Waals surface area contributed by atoms with E-state index in [2.05, 4.69) is 31.2 Å². The fourth-order valence-corrected chi connectivity index (χ4v) is 1.48. The predicted octanol–water partition coefficient (Wildman–Crippen LogP) is 1.46. The van der Waals surface area contributed by atoms with Crippen molar-refractivity contribution in [2.24, 2.45) is 0 Å². The molecule has 1 unspecified atom stereocenters. The zero-order valence-electron chi connectivity index (χ0n) is 9.20. The molecule has 0 fully saturated rings. The molecule has 0 saturated heterocycles. The second-order valence-electron chi connectivity index (χ2n) is 4.11. The average Bonchev–Trinajstić information content (AvgIpc) is 2.07. The summed E-state index contributed by atoms with van der Waals surface area (Å²) in [6.45, 7) is 2.79. The fraction of sp³-hybridized carbons (Fsp3) is 0.500. The topological polar surface area (TPSA) is 23.5 Å². The van der Waals surface area contributed by atoms with Gasteiger partial charge in [-0.25, -0.2) is 0 Å². The Morgan fingerprint density at radius 2 is 1.79 bits per heavy atom. The molecule has 2 heteroatoms. The van der Waals surface area contributed by atoms with Gasteiger partial charge in [0.1, 0.15) is 0 Å². The Labute approximate surface area is 86.2 Å². The summed E-state index contributed by atoms with van der Waals surface area (Å²) < 4.78 is 0. The Bertz CT molecular complexity index is 266. The van der Waals surface area contributed by atoms with Gasteiger partial charge in [0.2, 0.25) is 0 Å². The smallest absolute Gasteiger partial charge is 0.0707 e. The summed E-state index contributed by atoms with van der Waals surface area (Å²) in [6, 6.07) is 8.32. The van der Waals surface area contributed by atoms with E-state index in [1.54, 1.807) is 0 Å². The molecule has 1 atom stereocenters. The van der Waals surface area contributed by atoms with Gasteiger partial charge in [-0.15, -0.1) is 0 Å². The first kappa shape index (κ1) is 11.2. The van der Waals surface area contributed by atoms with Crippen molar-refractivity contribution in [3.05, 3.63) is 35.4 Å². The van der Waals surface area contributed by atoms with Gasteiger partial charge in [0.15, 0.2) is 0 Å². The molecule has 2 nitrogen and oxygen atoms in total. The van der Waals surface area contributed by atoms with Gasteiger partial charge in [-0.2, -0.15) is 0 Å². The molecule has 0 spiro atoms. The van der Waals surface area contributed by atoms with E-state index in [1.807, 2.05) is 19.0 Å². The second-order valence-corrected chi connectivity index (χ2v) is 4.11. The Balaban J connectivity index is 2.47. The molecule has 0 aromatic heterocycles. The van der Waals surface area contributed by atoms with E-state index in [9.17, 15) is 5.11 Å². The van der Waals surface area contributed by atoms with Crippen molar-refractivity contribution < 1.29 is 5.11 Å². The number of benzene rings is 1. The molecule has 0 bridgehead atoms. The maximum absolute atomic E-state index is 9.70. The minimum absolute atomic E-state index is 0.271. The number of likely N-dealkylation sites (N-methyl/N-ethyl adjacent to an activating group) is 1. The van der Waals surface area contributed by atoms with Crippen LogP contribution in [-0.4, -0.2) is 36.8 Å². The zero-order chi connectivity index (χ0) is 10.6. The molecule has 14 heavy (non-hydrogen) atoms. The van der Waals surface area contributed by atoms with Gasteiger partial charge in [0.05, 0.1) is 6.10 Å². The first-order chi connectivity index (χ1) is 6.58. The lowest BCUT2D eigenvalue weighted by atomic mass is 10.1. The standard InChI is InChI=1S/C12H19NO/c1-10-4-6-11(7-5-10)8-12(14)9-13(2)3/h4-7,12,14H,8-9H2,1-3H3. The maximum Gasteiger partial charge on any atom is 0.0707 e. The van der Waals surface area contributed by atoms with Crippen LogP contribution in [0.3, 0.4) is 0 Å². The molecule has 0 aliphatic carbocycles. The SMILES string of the molecule is Cc1ccc(CC(O)CN(C)C)cc1. The summed E-state index contributed by atoms with van der Waals surface area (Å²) in [5.74, 6) is 0. The van der Waals surface area contributed by atoms with Crippen LogP contribution in [0.1, 0.15) is 11.1 Å². The summed E-state index contributed by atoms with van der Waals surface area (Å²) in [5, 5.41) is 9.70. The minimum Gasteiger partial charge on any atom is -0.391 e. The third-order valence-corrected chi connectivity index (χ3v) is 2.17.